The summed E-state index contributed by atoms with van der Waals surface area (Å²) in [5.41, 5.74) is 10.4. The third kappa shape index (κ3) is 13.9. The molecule has 0 radical (unpaired) electrons. The van der Waals surface area contributed by atoms with E-state index in [0.717, 1.165) is 53.8 Å². The minimum atomic E-state index is -0.688. The Bertz CT molecular complexity index is 1750. The van der Waals surface area contributed by atoms with Crippen molar-refractivity contribution >= 4 is 23.8 Å². The van der Waals surface area contributed by atoms with Crippen LogP contribution in [-0.2, 0) is 25.7 Å². The van der Waals surface area contributed by atoms with E-state index in [4.69, 9.17) is 4.74 Å². The summed E-state index contributed by atoms with van der Waals surface area (Å²) in [5, 5.41) is 12.0. The molecule has 4 rings (SSSR count). The molecule has 4 N–H and O–H groups in total. The van der Waals surface area contributed by atoms with Gasteiger partial charge in [0.25, 0.3) is 0 Å². The van der Waals surface area contributed by atoms with Crippen molar-refractivity contribution in [2.24, 2.45) is 11.3 Å². The highest BCUT2D eigenvalue weighted by atomic mass is 16.5. The van der Waals surface area contributed by atoms with Crippen LogP contribution >= 0.6 is 0 Å². The topological polar surface area (TPSA) is 129 Å². The zero-order valence-electron chi connectivity index (χ0n) is 33.7. The number of carbonyl (C=O) groups excluding carboxylic acids is 4. The molecule has 10 nitrogen and oxygen atoms in total. The summed E-state index contributed by atoms with van der Waals surface area (Å²) in [6.45, 7) is 17.6. The Kier molecular flexibility index (Phi) is 15.9. The van der Waals surface area contributed by atoms with Gasteiger partial charge in [-0.15, -0.1) is 5.73 Å². The second-order valence-electron chi connectivity index (χ2n) is 16.2. The fourth-order valence-electron chi connectivity index (χ4n) is 6.59. The first-order valence-electron chi connectivity index (χ1n) is 19.7. The molecule has 1 aromatic rings. The zero-order valence-corrected chi connectivity index (χ0v) is 33.7. The molecular formula is C45H61N5O5. The minimum absolute atomic E-state index is 0.0348. The van der Waals surface area contributed by atoms with E-state index in [2.05, 4.69) is 51.8 Å². The third-order valence-electron chi connectivity index (χ3n) is 9.86. The monoisotopic (exact) mass is 751 g/mol. The maximum absolute atomic E-state index is 13.6. The normalized spacial score (nSPS) is 16.3. The van der Waals surface area contributed by atoms with Gasteiger partial charge in [0.2, 0.25) is 17.7 Å². The van der Waals surface area contributed by atoms with Crippen LogP contribution < -0.4 is 21.3 Å². The van der Waals surface area contributed by atoms with Crippen molar-refractivity contribution in [2.75, 3.05) is 19.6 Å². The van der Waals surface area contributed by atoms with Gasteiger partial charge >= 0.3 is 6.09 Å². The number of hydrogen-bond donors (Lipinski definition) is 4. The van der Waals surface area contributed by atoms with Gasteiger partial charge in [0.05, 0.1) is 12.6 Å². The highest BCUT2D eigenvalue weighted by Crippen LogP contribution is 2.32. The quantitative estimate of drug-likeness (QED) is 0.128. The first-order chi connectivity index (χ1) is 26.2. The SMILES string of the molecule is C=C(CCCC(=O)NC(C(=O)N[C@@H](C)c1ccc(COC(=O)NCC(C)(C)C)cc1)C(C)C)NCCC(=O)N1CC2=C(C=CC=C=C2)CCC2=C1C=CCC2. The number of nitrogens with one attached hydrogen (secondary N) is 4. The summed E-state index contributed by atoms with van der Waals surface area (Å²) < 4.78 is 5.32. The van der Waals surface area contributed by atoms with Gasteiger partial charge in [-0.05, 0) is 103 Å². The highest BCUT2D eigenvalue weighted by Gasteiger charge is 2.27. The Labute approximate surface area is 328 Å². The molecule has 4 amide bonds. The molecule has 0 aromatic heterocycles. The number of benzene rings is 1. The number of nitrogens with zero attached hydrogens (tertiary/aromatic N) is 1. The van der Waals surface area contributed by atoms with Gasteiger partial charge in [0.15, 0.2) is 0 Å². The van der Waals surface area contributed by atoms with Crippen molar-refractivity contribution in [3.8, 4) is 0 Å². The Balaban J connectivity index is 1.18. The second kappa shape index (κ2) is 20.6. The van der Waals surface area contributed by atoms with Crippen LogP contribution in [0.4, 0.5) is 4.79 Å². The number of allylic oxidation sites excluding steroid dienone is 7. The predicted octanol–water partition coefficient (Wildman–Crippen LogP) is 7.74. The molecule has 1 aromatic carbocycles. The Morgan fingerprint density at radius 1 is 0.927 bits per heavy atom. The molecule has 1 aliphatic heterocycles. The zero-order chi connectivity index (χ0) is 40.0. The van der Waals surface area contributed by atoms with E-state index in [-0.39, 0.29) is 48.1 Å². The first kappa shape index (κ1) is 42.7. The summed E-state index contributed by atoms with van der Waals surface area (Å²) >= 11 is 0. The molecule has 55 heavy (non-hydrogen) atoms. The molecule has 3 aliphatic rings. The van der Waals surface area contributed by atoms with Gasteiger partial charge in [-0.1, -0.05) is 83.7 Å². The van der Waals surface area contributed by atoms with Crippen LogP contribution in [-0.4, -0.2) is 54.4 Å². The van der Waals surface area contributed by atoms with Gasteiger partial charge in [-0.25, -0.2) is 4.79 Å². The number of ether oxygens (including phenoxy) is 1. The lowest BCUT2D eigenvalue weighted by molar-refractivity contribution is -0.130. The van der Waals surface area contributed by atoms with Crippen molar-refractivity contribution < 1.29 is 23.9 Å². The molecular weight excluding hydrogens is 691 g/mol. The predicted molar refractivity (Wildman–Crippen MR) is 218 cm³/mol. The van der Waals surface area contributed by atoms with E-state index in [1.807, 2.05) is 88.9 Å². The molecule has 0 bridgehead atoms. The minimum Gasteiger partial charge on any atom is -0.445 e. The highest BCUT2D eigenvalue weighted by molar-refractivity contribution is 5.88. The average Bonchev–Trinajstić information content (AvgIpc) is 3.36. The van der Waals surface area contributed by atoms with Crippen LogP contribution in [0.3, 0.4) is 0 Å². The molecule has 1 unspecified atom stereocenters. The summed E-state index contributed by atoms with van der Waals surface area (Å²) in [6.07, 6.45) is 17.4. The van der Waals surface area contributed by atoms with Crippen molar-refractivity contribution in [3.63, 3.8) is 0 Å². The van der Waals surface area contributed by atoms with Gasteiger partial charge < -0.3 is 30.9 Å². The smallest absolute Gasteiger partial charge is 0.407 e. The molecule has 2 aliphatic carbocycles. The van der Waals surface area contributed by atoms with Gasteiger partial charge in [0.1, 0.15) is 12.6 Å². The number of rotatable bonds is 16. The van der Waals surface area contributed by atoms with E-state index >= 15 is 0 Å². The molecule has 10 heteroatoms. The van der Waals surface area contributed by atoms with Gasteiger partial charge in [-0.3, -0.25) is 14.4 Å². The summed E-state index contributed by atoms with van der Waals surface area (Å²) in [4.78, 5) is 53.8. The van der Waals surface area contributed by atoms with Crippen LogP contribution in [0.5, 0.6) is 0 Å². The second-order valence-corrected chi connectivity index (χ2v) is 16.2. The maximum atomic E-state index is 13.6. The number of alkyl carbamates (subject to hydrolysis) is 1. The van der Waals surface area contributed by atoms with Crippen molar-refractivity contribution in [3.05, 3.63) is 112 Å². The Hall–Kier alpha value is -5.08. The fraction of sp³-hybridized carbons (Fsp3) is 0.489. The first-order valence-corrected chi connectivity index (χ1v) is 19.7. The summed E-state index contributed by atoms with van der Waals surface area (Å²) in [6, 6.07) is 6.54. The van der Waals surface area contributed by atoms with Crippen LogP contribution in [0, 0.1) is 11.3 Å². The maximum Gasteiger partial charge on any atom is 0.407 e. The largest absolute Gasteiger partial charge is 0.445 e. The van der Waals surface area contributed by atoms with E-state index in [0.29, 0.717) is 38.9 Å². The Morgan fingerprint density at radius 2 is 1.69 bits per heavy atom. The molecule has 0 saturated heterocycles. The molecule has 296 valence electrons. The molecule has 2 atom stereocenters. The number of amides is 4. The summed E-state index contributed by atoms with van der Waals surface area (Å²) in [5.74, 6) is -0.511. The number of carbonyl (C=O) groups is 4. The van der Waals surface area contributed by atoms with E-state index in [1.165, 1.54) is 11.1 Å². The van der Waals surface area contributed by atoms with E-state index in [9.17, 15) is 19.2 Å². The third-order valence-corrected chi connectivity index (χ3v) is 9.86. The molecule has 0 fully saturated rings. The molecule has 1 heterocycles. The molecule has 0 spiro atoms. The van der Waals surface area contributed by atoms with Gasteiger partial charge in [0, 0.05) is 37.3 Å². The van der Waals surface area contributed by atoms with Crippen molar-refractivity contribution in [2.45, 2.75) is 112 Å². The van der Waals surface area contributed by atoms with E-state index in [1.54, 1.807) is 0 Å². The van der Waals surface area contributed by atoms with Crippen molar-refractivity contribution in [1.82, 2.24) is 26.2 Å². The van der Waals surface area contributed by atoms with Gasteiger partial charge in [-0.2, -0.15) is 0 Å². The lowest BCUT2D eigenvalue weighted by Crippen LogP contribution is -2.50. The molecule has 0 saturated carbocycles. The average molecular weight is 752 g/mol. The van der Waals surface area contributed by atoms with Crippen LogP contribution in [0.2, 0.25) is 0 Å². The summed E-state index contributed by atoms with van der Waals surface area (Å²) in [7, 11) is 0. The lowest BCUT2D eigenvalue weighted by atomic mass is 9.90. The standard InChI is InChI=1S/C45H61N5O5/c1-31(2)42(43(53)48-33(4)35-22-20-34(21-23-35)29-55-44(54)47-30-45(5,6)7)49-40(51)19-13-14-32(3)46-27-26-41(52)50-28-38-17-10-8-9-15-36(38)24-25-37-16-11-12-18-39(37)50/h8-9,12,15,17-18,20-23,31,33,42,46H,3,11,13-14,16,19,24-30H2,1-2,4-7H3,(H,47,54)(H,48,53)(H,49,51)/t33-,42?/m0/s1. The Morgan fingerprint density at radius 3 is 2.42 bits per heavy atom. The number of hydrogen-bond acceptors (Lipinski definition) is 6. The van der Waals surface area contributed by atoms with Crippen molar-refractivity contribution in [1.29, 1.82) is 0 Å². The van der Waals surface area contributed by atoms with Crippen LogP contribution in [0.1, 0.15) is 110 Å². The fourth-order valence-corrected chi connectivity index (χ4v) is 6.59. The van der Waals surface area contributed by atoms with Crippen LogP contribution in [0.25, 0.3) is 0 Å². The lowest BCUT2D eigenvalue weighted by Gasteiger charge is -2.31. The van der Waals surface area contributed by atoms with E-state index < -0.39 is 12.1 Å². The van der Waals surface area contributed by atoms with Crippen LogP contribution in [0.15, 0.2) is 101 Å².